The van der Waals surface area contributed by atoms with E-state index in [4.69, 9.17) is 15.2 Å². The molecule has 1 rings (SSSR count). The van der Waals surface area contributed by atoms with E-state index < -0.39 is 5.97 Å². The van der Waals surface area contributed by atoms with Gasteiger partial charge in [-0.15, -0.1) is 0 Å². The van der Waals surface area contributed by atoms with E-state index in [9.17, 15) is 4.79 Å². The van der Waals surface area contributed by atoms with Crippen LogP contribution in [-0.2, 0) is 16.0 Å². The number of benzene rings is 1. The van der Waals surface area contributed by atoms with Crippen molar-refractivity contribution in [2.24, 2.45) is 5.73 Å². The van der Waals surface area contributed by atoms with Crippen molar-refractivity contribution < 1.29 is 19.0 Å². The fourth-order valence-electron chi connectivity index (χ4n) is 1.37. The Balaban J connectivity index is 2.78. The zero-order valence-electron chi connectivity index (χ0n) is 10.1. The van der Waals surface area contributed by atoms with Crippen molar-refractivity contribution in [2.45, 2.75) is 6.42 Å². The average molecular weight is 239 g/mol. The van der Waals surface area contributed by atoms with Gasteiger partial charge in [-0.05, 0) is 36.7 Å². The molecule has 0 heterocycles. The van der Waals surface area contributed by atoms with Gasteiger partial charge in [0.15, 0.2) is 6.61 Å². The van der Waals surface area contributed by atoms with E-state index in [1.165, 1.54) is 7.11 Å². The summed E-state index contributed by atoms with van der Waals surface area (Å²) >= 11 is 0. The van der Waals surface area contributed by atoms with Crippen LogP contribution >= 0.6 is 0 Å². The van der Waals surface area contributed by atoms with Crippen LogP contribution in [0.3, 0.4) is 0 Å². The first-order valence-electron chi connectivity index (χ1n) is 5.28. The SMILES string of the molecule is COC(=O)COc1ccc(OC)cc1CCN. The molecular weight excluding hydrogens is 222 g/mol. The second kappa shape index (κ2) is 6.75. The molecule has 2 N–H and O–H groups in total. The third kappa shape index (κ3) is 3.96. The number of methoxy groups -OCH3 is 2. The lowest BCUT2D eigenvalue weighted by Gasteiger charge is -2.11. The van der Waals surface area contributed by atoms with Gasteiger partial charge in [-0.2, -0.15) is 0 Å². The summed E-state index contributed by atoms with van der Waals surface area (Å²) in [6, 6.07) is 5.37. The molecule has 5 nitrogen and oxygen atoms in total. The Morgan fingerprint density at radius 2 is 2.12 bits per heavy atom. The van der Waals surface area contributed by atoms with Gasteiger partial charge in [0, 0.05) is 0 Å². The van der Waals surface area contributed by atoms with Gasteiger partial charge in [0.1, 0.15) is 11.5 Å². The third-order valence-electron chi connectivity index (χ3n) is 2.25. The molecule has 0 spiro atoms. The summed E-state index contributed by atoms with van der Waals surface area (Å²) in [5.74, 6) is 0.944. The fraction of sp³-hybridized carbons (Fsp3) is 0.417. The van der Waals surface area contributed by atoms with Gasteiger partial charge in [-0.3, -0.25) is 0 Å². The van der Waals surface area contributed by atoms with Crippen LogP contribution in [0.1, 0.15) is 5.56 Å². The summed E-state index contributed by atoms with van der Waals surface area (Å²) in [5, 5.41) is 0. The van der Waals surface area contributed by atoms with Crippen LogP contribution < -0.4 is 15.2 Å². The Morgan fingerprint density at radius 1 is 1.35 bits per heavy atom. The maximum Gasteiger partial charge on any atom is 0.343 e. The maximum absolute atomic E-state index is 11.0. The summed E-state index contributed by atoms with van der Waals surface area (Å²) in [7, 11) is 2.91. The zero-order chi connectivity index (χ0) is 12.7. The van der Waals surface area contributed by atoms with Gasteiger partial charge in [0.05, 0.1) is 14.2 Å². The van der Waals surface area contributed by atoms with Gasteiger partial charge in [0.25, 0.3) is 0 Å². The third-order valence-corrected chi connectivity index (χ3v) is 2.25. The molecule has 1 aromatic rings. The molecule has 94 valence electrons. The number of hydrogen-bond donors (Lipinski definition) is 1. The summed E-state index contributed by atoms with van der Waals surface area (Å²) in [5.41, 5.74) is 6.43. The standard InChI is InChI=1S/C12H17NO4/c1-15-10-3-4-11(9(7-10)5-6-13)17-8-12(14)16-2/h3-4,7H,5-6,8,13H2,1-2H3. The van der Waals surface area contributed by atoms with Crippen LogP contribution in [0.2, 0.25) is 0 Å². The van der Waals surface area contributed by atoms with Crippen molar-refractivity contribution in [3.63, 3.8) is 0 Å². The lowest BCUT2D eigenvalue weighted by Crippen LogP contribution is -2.14. The van der Waals surface area contributed by atoms with Crippen LogP contribution in [0.5, 0.6) is 11.5 Å². The van der Waals surface area contributed by atoms with Crippen molar-refractivity contribution in [3.8, 4) is 11.5 Å². The summed E-state index contributed by atoms with van der Waals surface area (Å²) in [4.78, 5) is 11.0. The van der Waals surface area contributed by atoms with Crippen molar-refractivity contribution >= 4 is 5.97 Å². The van der Waals surface area contributed by atoms with E-state index in [0.717, 1.165) is 11.3 Å². The average Bonchev–Trinajstić information content (AvgIpc) is 2.37. The van der Waals surface area contributed by atoms with E-state index in [1.807, 2.05) is 6.07 Å². The topological polar surface area (TPSA) is 70.8 Å². The van der Waals surface area contributed by atoms with Crippen LogP contribution in [0, 0.1) is 0 Å². The minimum absolute atomic E-state index is 0.111. The van der Waals surface area contributed by atoms with Crippen LogP contribution in [0.25, 0.3) is 0 Å². The normalized spacial score (nSPS) is 9.82. The molecule has 0 unspecified atom stereocenters. The Bertz CT molecular complexity index is 379. The number of rotatable bonds is 6. The molecular formula is C12H17NO4. The first kappa shape index (κ1) is 13.3. The highest BCUT2D eigenvalue weighted by atomic mass is 16.6. The molecule has 0 aliphatic rings. The van der Waals surface area contributed by atoms with Crippen molar-refractivity contribution in [2.75, 3.05) is 27.4 Å². The van der Waals surface area contributed by atoms with Crippen molar-refractivity contribution in [1.29, 1.82) is 0 Å². The first-order valence-corrected chi connectivity index (χ1v) is 5.28. The minimum atomic E-state index is -0.417. The molecule has 17 heavy (non-hydrogen) atoms. The molecule has 1 aromatic carbocycles. The largest absolute Gasteiger partial charge is 0.497 e. The number of nitrogens with two attached hydrogens (primary N) is 1. The van der Waals surface area contributed by atoms with E-state index >= 15 is 0 Å². The van der Waals surface area contributed by atoms with E-state index in [2.05, 4.69) is 4.74 Å². The second-order valence-electron chi connectivity index (χ2n) is 3.38. The Hall–Kier alpha value is -1.75. The molecule has 0 saturated heterocycles. The first-order chi connectivity index (χ1) is 8.21. The predicted molar refractivity (Wildman–Crippen MR) is 63.3 cm³/mol. The molecule has 0 saturated carbocycles. The molecule has 5 heteroatoms. The molecule has 0 radical (unpaired) electrons. The molecule has 0 amide bonds. The van der Waals surface area contributed by atoms with Gasteiger partial charge in [0.2, 0.25) is 0 Å². The highest BCUT2D eigenvalue weighted by Gasteiger charge is 2.08. The van der Waals surface area contributed by atoms with Crippen LogP contribution in [0.4, 0.5) is 0 Å². The zero-order valence-corrected chi connectivity index (χ0v) is 10.1. The lowest BCUT2D eigenvalue weighted by molar-refractivity contribution is -0.142. The van der Waals surface area contributed by atoms with E-state index in [-0.39, 0.29) is 6.61 Å². The number of esters is 1. The molecule has 0 fully saturated rings. The summed E-state index contributed by atoms with van der Waals surface area (Å²) in [6.45, 7) is 0.391. The highest BCUT2D eigenvalue weighted by molar-refractivity contribution is 5.70. The number of hydrogen-bond acceptors (Lipinski definition) is 5. The summed E-state index contributed by atoms with van der Waals surface area (Å²) in [6.07, 6.45) is 0.660. The second-order valence-corrected chi connectivity index (χ2v) is 3.38. The quantitative estimate of drug-likeness (QED) is 0.742. The van der Waals surface area contributed by atoms with Gasteiger partial charge >= 0.3 is 5.97 Å². The van der Waals surface area contributed by atoms with Gasteiger partial charge in [-0.1, -0.05) is 0 Å². The molecule has 0 bridgehead atoms. The highest BCUT2D eigenvalue weighted by Crippen LogP contribution is 2.24. The number of carbonyl (C=O) groups excluding carboxylic acids is 1. The fourth-order valence-corrected chi connectivity index (χ4v) is 1.37. The molecule has 0 aliphatic heterocycles. The van der Waals surface area contributed by atoms with Crippen molar-refractivity contribution in [1.82, 2.24) is 0 Å². The Labute approximate surface area is 100 Å². The molecule has 0 aromatic heterocycles. The summed E-state index contributed by atoms with van der Waals surface area (Å²) < 4.78 is 15.0. The molecule has 0 aliphatic carbocycles. The Kier molecular flexibility index (Phi) is 5.29. The van der Waals surface area contributed by atoms with Gasteiger partial charge in [-0.25, -0.2) is 4.79 Å². The maximum atomic E-state index is 11.0. The predicted octanol–water partition coefficient (Wildman–Crippen LogP) is 0.748. The number of ether oxygens (including phenoxy) is 3. The van der Waals surface area contributed by atoms with Crippen LogP contribution in [-0.4, -0.2) is 33.3 Å². The molecule has 0 atom stereocenters. The smallest absolute Gasteiger partial charge is 0.343 e. The van der Waals surface area contributed by atoms with Crippen molar-refractivity contribution in [3.05, 3.63) is 23.8 Å². The van der Waals surface area contributed by atoms with E-state index in [0.29, 0.717) is 18.7 Å². The number of carbonyl (C=O) groups is 1. The monoisotopic (exact) mass is 239 g/mol. The Morgan fingerprint density at radius 3 is 2.71 bits per heavy atom. The van der Waals surface area contributed by atoms with Gasteiger partial charge < -0.3 is 19.9 Å². The lowest BCUT2D eigenvalue weighted by atomic mass is 10.1. The van der Waals surface area contributed by atoms with E-state index in [1.54, 1.807) is 19.2 Å². The van der Waals surface area contributed by atoms with Crippen LogP contribution in [0.15, 0.2) is 18.2 Å². The minimum Gasteiger partial charge on any atom is -0.497 e.